The third-order valence-electron chi connectivity index (χ3n) is 1.16. The van der Waals surface area contributed by atoms with Gasteiger partial charge in [-0.25, -0.2) is 0 Å². The number of hydrogen-bond donors (Lipinski definition) is 1. The molecule has 0 bridgehead atoms. The highest BCUT2D eigenvalue weighted by atomic mass is 32.2. The lowest BCUT2D eigenvalue weighted by Crippen LogP contribution is -2.29. The minimum Gasteiger partial charge on any atom is -0.481 e. The molecule has 0 amide bonds. The Morgan fingerprint density at radius 1 is 1.46 bits per heavy atom. The average Bonchev–Trinajstić information content (AvgIpc) is 1.81. The van der Waals surface area contributed by atoms with E-state index in [0.29, 0.717) is 11.8 Å². The second kappa shape index (κ2) is 4.74. The molecule has 0 saturated carbocycles. The van der Waals surface area contributed by atoms with Gasteiger partial charge in [-0.3, -0.25) is 4.79 Å². The Bertz CT molecular complexity index is 179. The Morgan fingerprint density at radius 3 is 2.15 bits per heavy atom. The molecule has 1 atom stereocenters. The Kier molecular flexibility index (Phi) is 4.60. The molecule has 0 aromatic rings. The SMILES string of the molecule is CC(C)SC(CC(=O)O)C(F)(F)F. The van der Waals surface area contributed by atoms with Gasteiger partial charge in [-0.15, -0.1) is 11.8 Å². The molecule has 78 valence electrons. The molecular weight excluding hydrogens is 205 g/mol. The van der Waals surface area contributed by atoms with Gasteiger partial charge in [0.2, 0.25) is 0 Å². The molecule has 1 unspecified atom stereocenters. The first kappa shape index (κ1) is 12.6. The molecule has 0 rings (SSSR count). The highest BCUT2D eigenvalue weighted by molar-refractivity contribution is 8.00. The van der Waals surface area contributed by atoms with E-state index < -0.39 is 23.8 Å². The van der Waals surface area contributed by atoms with Crippen LogP contribution in [0.5, 0.6) is 0 Å². The fraction of sp³-hybridized carbons (Fsp3) is 0.857. The first-order valence-electron chi connectivity index (χ1n) is 3.67. The van der Waals surface area contributed by atoms with Crippen molar-refractivity contribution in [3.63, 3.8) is 0 Å². The molecule has 0 radical (unpaired) electrons. The summed E-state index contributed by atoms with van der Waals surface area (Å²) < 4.78 is 36.5. The van der Waals surface area contributed by atoms with Crippen LogP contribution in [-0.4, -0.2) is 27.8 Å². The topological polar surface area (TPSA) is 37.3 Å². The standard InChI is InChI=1S/C7H11F3O2S/c1-4(2)13-5(3-6(11)12)7(8,9)10/h4-5H,3H2,1-2H3,(H,11,12). The summed E-state index contributed by atoms with van der Waals surface area (Å²) in [4.78, 5) is 10.1. The summed E-state index contributed by atoms with van der Waals surface area (Å²) in [7, 11) is 0. The number of halogens is 3. The van der Waals surface area contributed by atoms with Crippen molar-refractivity contribution in [3.05, 3.63) is 0 Å². The van der Waals surface area contributed by atoms with Crippen molar-refractivity contribution in [2.24, 2.45) is 0 Å². The van der Waals surface area contributed by atoms with Crippen LogP contribution in [0.1, 0.15) is 20.3 Å². The molecule has 0 aromatic carbocycles. The van der Waals surface area contributed by atoms with Gasteiger partial charge < -0.3 is 5.11 Å². The lowest BCUT2D eigenvalue weighted by atomic mass is 10.3. The number of carboxylic acids is 1. The second-order valence-electron chi connectivity index (χ2n) is 2.81. The van der Waals surface area contributed by atoms with Crippen molar-refractivity contribution in [1.29, 1.82) is 0 Å². The van der Waals surface area contributed by atoms with Crippen LogP contribution in [-0.2, 0) is 4.79 Å². The molecular formula is C7H11F3O2S. The Labute approximate surface area is 78.5 Å². The van der Waals surface area contributed by atoms with Crippen LogP contribution < -0.4 is 0 Å². The lowest BCUT2D eigenvalue weighted by Gasteiger charge is -2.19. The summed E-state index contributed by atoms with van der Waals surface area (Å²) in [5.41, 5.74) is 0. The normalized spacial score (nSPS) is 14.6. The van der Waals surface area contributed by atoms with Crippen molar-refractivity contribution in [3.8, 4) is 0 Å². The summed E-state index contributed by atoms with van der Waals surface area (Å²) >= 11 is 0.629. The summed E-state index contributed by atoms with van der Waals surface area (Å²) in [6.45, 7) is 3.20. The Morgan fingerprint density at radius 2 is 1.92 bits per heavy atom. The second-order valence-corrected chi connectivity index (χ2v) is 4.60. The van der Waals surface area contributed by atoms with E-state index in [2.05, 4.69) is 0 Å². The van der Waals surface area contributed by atoms with Gasteiger partial charge in [0.15, 0.2) is 0 Å². The van der Waals surface area contributed by atoms with E-state index in [0.717, 1.165) is 0 Å². The van der Waals surface area contributed by atoms with Crippen molar-refractivity contribution in [2.75, 3.05) is 0 Å². The summed E-state index contributed by atoms with van der Waals surface area (Å²) in [6.07, 6.45) is -5.31. The summed E-state index contributed by atoms with van der Waals surface area (Å²) in [6, 6.07) is 0. The zero-order valence-corrected chi connectivity index (χ0v) is 8.08. The first-order chi connectivity index (χ1) is 5.73. The number of hydrogen-bond acceptors (Lipinski definition) is 2. The number of rotatable bonds is 4. The van der Waals surface area contributed by atoms with Crippen LogP contribution in [0.15, 0.2) is 0 Å². The highest BCUT2D eigenvalue weighted by Crippen LogP contribution is 2.34. The van der Waals surface area contributed by atoms with Crippen LogP contribution in [0.4, 0.5) is 13.2 Å². The number of carboxylic acid groups (broad SMARTS) is 1. The Hall–Kier alpha value is -0.390. The number of thioether (sulfide) groups is 1. The van der Waals surface area contributed by atoms with Gasteiger partial charge in [0.05, 0.1) is 6.42 Å². The molecule has 1 N–H and O–H groups in total. The van der Waals surface area contributed by atoms with Gasteiger partial charge >= 0.3 is 12.1 Å². The molecule has 0 aromatic heterocycles. The quantitative estimate of drug-likeness (QED) is 0.784. The van der Waals surface area contributed by atoms with Crippen LogP contribution >= 0.6 is 11.8 Å². The van der Waals surface area contributed by atoms with Crippen molar-refractivity contribution >= 4 is 17.7 Å². The van der Waals surface area contributed by atoms with Gasteiger partial charge in [0, 0.05) is 0 Å². The minimum atomic E-state index is -4.44. The molecule has 0 aliphatic rings. The molecule has 0 spiro atoms. The maximum atomic E-state index is 12.2. The smallest absolute Gasteiger partial charge is 0.401 e. The molecule has 6 heteroatoms. The fourth-order valence-electron chi connectivity index (χ4n) is 0.728. The highest BCUT2D eigenvalue weighted by Gasteiger charge is 2.41. The van der Waals surface area contributed by atoms with Gasteiger partial charge in [0.1, 0.15) is 5.25 Å². The van der Waals surface area contributed by atoms with Crippen LogP contribution in [0.25, 0.3) is 0 Å². The van der Waals surface area contributed by atoms with Crippen LogP contribution in [0.3, 0.4) is 0 Å². The maximum Gasteiger partial charge on any atom is 0.401 e. The predicted octanol–water partition coefficient (Wildman–Crippen LogP) is 2.53. The van der Waals surface area contributed by atoms with Gasteiger partial charge in [-0.05, 0) is 5.25 Å². The average molecular weight is 216 g/mol. The van der Waals surface area contributed by atoms with E-state index in [-0.39, 0.29) is 5.25 Å². The summed E-state index contributed by atoms with van der Waals surface area (Å²) in [5, 5.41) is 6.22. The zero-order valence-electron chi connectivity index (χ0n) is 7.26. The van der Waals surface area contributed by atoms with Crippen LogP contribution in [0.2, 0.25) is 0 Å². The third-order valence-corrected chi connectivity index (χ3v) is 2.47. The van der Waals surface area contributed by atoms with Gasteiger partial charge in [0.25, 0.3) is 0 Å². The fourth-order valence-corrected chi connectivity index (χ4v) is 1.78. The predicted molar refractivity (Wildman–Crippen MR) is 44.8 cm³/mol. The number of alkyl halides is 3. The van der Waals surface area contributed by atoms with E-state index >= 15 is 0 Å². The van der Waals surface area contributed by atoms with E-state index in [1.807, 2.05) is 0 Å². The van der Waals surface area contributed by atoms with Gasteiger partial charge in [-0.1, -0.05) is 13.8 Å². The van der Waals surface area contributed by atoms with Crippen molar-refractivity contribution < 1.29 is 23.1 Å². The van der Waals surface area contributed by atoms with E-state index in [1.165, 1.54) is 0 Å². The monoisotopic (exact) mass is 216 g/mol. The van der Waals surface area contributed by atoms with Gasteiger partial charge in [-0.2, -0.15) is 13.2 Å². The van der Waals surface area contributed by atoms with E-state index in [1.54, 1.807) is 13.8 Å². The summed E-state index contributed by atoms with van der Waals surface area (Å²) in [5.74, 6) is -1.42. The first-order valence-corrected chi connectivity index (χ1v) is 4.61. The molecule has 13 heavy (non-hydrogen) atoms. The van der Waals surface area contributed by atoms with E-state index in [4.69, 9.17) is 5.11 Å². The largest absolute Gasteiger partial charge is 0.481 e. The Balaban J connectivity index is 4.28. The number of carbonyl (C=O) groups is 1. The zero-order chi connectivity index (χ0) is 10.6. The van der Waals surface area contributed by atoms with E-state index in [9.17, 15) is 18.0 Å². The maximum absolute atomic E-state index is 12.2. The van der Waals surface area contributed by atoms with Crippen molar-refractivity contribution in [1.82, 2.24) is 0 Å². The molecule has 0 aliphatic carbocycles. The number of aliphatic carboxylic acids is 1. The third kappa shape index (κ3) is 5.79. The van der Waals surface area contributed by atoms with Crippen LogP contribution in [0, 0.1) is 0 Å². The molecule has 2 nitrogen and oxygen atoms in total. The molecule has 0 saturated heterocycles. The lowest BCUT2D eigenvalue weighted by molar-refractivity contribution is -0.149. The molecule has 0 heterocycles. The minimum absolute atomic E-state index is 0.231. The van der Waals surface area contributed by atoms with Crippen molar-refractivity contribution in [2.45, 2.75) is 36.9 Å². The molecule has 0 fully saturated rings. The molecule has 0 aliphatic heterocycles.